The Hall–Kier alpha value is -2.90. The van der Waals surface area contributed by atoms with Crippen molar-refractivity contribution in [3.8, 4) is 0 Å². The number of hydrogen-bond donors (Lipinski definition) is 2. The van der Waals surface area contributed by atoms with E-state index in [0.717, 1.165) is 5.56 Å². The summed E-state index contributed by atoms with van der Waals surface area (Å²) in [5.41, 5.74) is 1.42. The normalized spacial score (nSPS) is 15.8. The van der Waals surface area contributed by atoms with Gasteiger partial charge in [0, 0.05) is 29.3 Å². The van der Waals surface area contributed by atoms with E-state index in [1.807, 2.05) is 18.2 Å². The van der Waals surface area contributed by atoms with Crippen molar-refractivity contribution in [2.75, 3.05) is 25.6 Å². The van der Waals surface area contributed by atoms with Gasteiger partial charge in [0.25, 0.3) is 0 Å². The van der Waals surface area contributed by atoms with E-state index in [0.29, 0.717) is 47.7 Å². The lowest BCUT2D eigenvalue weighted by Crippen LogP contribution is -2.45. The van der Waals surface area contributed by atoms with Crippen LogP contribution in [0, 0.1) is 0 Å². The number of benzene rings is 2. The first-order chi connectivity index (χ1) is 14.0. The highest BCUT2D eigenvalue weighted by Crippen LogP contribution is 2.39. The fourth-order valence-electron chi connectivity index (χ4n) is 3.78. The van der Waals surface area contributed by atoms with E-state index in [9.17, 15) is 9.59 Å². The number of aromatic nitrogens is 2. The predicted octanol–water partition coefficient (Wildman–Crippen LogP) is 3.69. The van der Waals surface area contributed by atoms with E-state index in [1.54, 1.807) is 24.3 Å². The smallest absolute Gasteiger partial charge is 0.359 e. The molecule has 2 N–H and O–H groups in total. The molecule has 0 bridgehead atoms. The molecule has 1 fully saturated rings. The molecule has 1 aromatic heterocycles. The van der Waals surface area contributed by atoms with E-state index in [1.165, 1.54) is 7.11 Å². The van der Waals surface area contributed by atoms with Crippen LogP contribution >= 0.6 is 11.6 Å². The molecule has 150 valence electrons. The summed E-state index contributed by atoms with van der Waals surface area (Å²) >= 11 is 6.44. The van der Waals surface area contributed by atoms with Gasteiger partial charge in [-0.15, -0.1) is 0 Å². The fourth-order valence-corrected chi connectivity index (χ4v) is 4.10. The SMILES string of the molecule is COC(=O)c1n[nH]c2ccc(NC(=O)C3(c4ccccc4Cl)CCOCC3)cc12. The van der Waals surface area contributed by atoms with E-state index >= 15 is 0 Å². The maximum atomic E-state index is 13.5. The second-order valence-electron chi connectivity index (χ2n) is 6.95. The Morgan fingerprint density at radius 3 is 2.69 bits per heavy atom. The highest BCUT2D eigenvalue weighted by atomic mass is 35.5. The Labute approximate surface area is 172 Å². The summed E-state index contributed by atoms with van der Waals surface area (Å²) in [4.78, 5) is 25.4. The third-order valence-electron chi connectivity index (χ3n) is 5.37. The minimum atomic E-state index is -0.785. The van der Waals surface area contributed by atoms with Gasteiger partial charge in [0.1, 0.15) is 0 Å². The lowest BCUT2D eigenvalue weighted by Gasteiger charge is -2.36. The van der Waals surface area contributed by atoms with Gasteiger partial charge in [-0.2, -0.15) is 5.10 Å². The number of esters is 1. The zero-order valence-corrected chi connectivity index (χ0v) is 16.6. The predicted molar refractivity (Wildman–Crippen MR) is 109 cm³/mol. The molecule has 2 aromatic carbocycles. The van der Waals surface area contributed by atoms with Gasteiger partial charge in [-0.3, -0.25) is 9.89 Å². The molecular weight excluding hydrogens is 394 g/mol. The van der Waals surface area contributed by atoms with Crippen LogP contribution in [0.3, 0.4) is 0 Å². The molecule has 1 aliphatic heterocycles. The first-order valence-corrected chi connectivity index (χ1v) is 9.63. The Kier molecular flexibility index (Phi) is 5.25. The number of ether oxygens (including phenoxy) is 2. The number of rotatable bonds is 4. The molecule has 2 heterocycles. The van der Waals surface area contributed by atoms with Crippen LogP contribution in [0.5, 0.6) is 0 Å². The summed E-state index contributed by atoms with van der Waals surface area (Å²) < 4.78 is 10.3. The van der Waals surface area contributed by atoms with Crippen molar-refractivity contribution in [1.29, 1.82) is 0 Å². The number of H-pyrrole nitrogens is 1. The van der Waals surface area contributed by atoms with Gasteiger partial charge in [0.05, 0.1) is 18.0 Å². The van der Waals surface area contributed by atoms with Crippen LogP contribution in [0.1, 0.15) is 28.9 Å². The molecule has 0 aliphatic carbocycles. The first kappa shape index (κ1) is 19.4. The third kappa shape index (κ3) is 3.47. The molecule has 0 unspecified atom stereocenters. The van der Waals surface area contributed by atoms with Gasteiger partial charge in [-0.1, -0.05) is 29.8 Å². The van der Waals surface area contributed by atoms with Crippen molar-refractivity contribution in [2.24, 2.45) is 0 Å². The number of anilines is 1. The molecule has 0 radical (unpaired) electrons. The Balaban J connectivity index is 1.69. The summed E-state index contributed by atoms with van der Waals surface area (Å²) in [7, 11) is 1.30. The molecule has 0 spiro atoms. The Morgan fingerprint density at radius 1 is 1.21 bits per heavy atom. The van der Waals surface area contributed by atoms with Gasteiger partial charge in [-0.05, 0) is 42.7 Å². The standard InChI is InChI=1S/C21H20ClN3O4/c1-28-19(26)18-14-12-13(6-7-17(14)24-25-18)23-20(27)21(8-10-29-11-9-21)15-4-2-3-5-16(15)22/h2-7,12H,8-11H2,1H3,(H,23,27)(H,24,25). The molecule has 29 heavy (non-hydrogen) atoms. The van der Waals surface area contributed by atoms with Crippen LogP contribution in [0.2, 0.25) is 5.02 Å². The lowest BCUT2D eigenvalue weighted by molar-refractivity contribution is -0.125. The summed E-state index contributed by atoms with van der Waals surface area (Å²) in [5, 5.41) is 10.9. The Bertz CT molecular complexity index is 1070. The third-order valence-corrected chi connectivity index (χ3v) is 5.70. The maximum absolute atomic E-state index is 13.5. The number of carbonyl (C=O) groups excluding carboxylic acids is 2. The van der Waals surface area contributed by atoms with E-state index in [4.69, 9.17) is 21.1 Å². The quantitative estimate of drug-likeness (QED) is 0.636. The number of nitrogens with zero attached hydrogens (tertiary/aromatic N) is 1. The number of halogens is 1. The minimum Gasteiger partial charge on any atom is -0.464 e. The first-order valence-electron chi connectivity index (χ1n) is 9.26. The van der Waals surface area contributed by atoms with Crippen molar-refractivity contribution in [2.45, 2.75) is 18.3 Å². The molecule has 0 atom stereocenters. The number of hydrogen-bond acceptors (Lipinski definition) is 5. The van der Waals surface area contributed by atoms with Crippen molar-refractivity contribution in [3.63, 3.8) is 0 Å². The molecule has 0 saturated carbocycles. The van der Waals surface area contributed by atoms with E-state index in [-0.39, 0.29) is 11.6 Å². The van der Waals surface area contributed by atoms with Crippen LogP contribution < -0.4 is 5.32 Å². The largest absolute Gasteiger partial charge is 0.464 e. The van der Waals surface area contributed by atoms with Crippen LogP contribution in [0.4, 0.5) is 5.69 Å². The van der Waals surface area contributed by atoms with Crippen molar-refractivity contribution in [1.82, 2.24) is 10.2 Å². The molecule has 4 rings (SSSR count). The summed E-state index contributed by atoms with van der Waals surface area (Å²) in [6, 6.07) is 12.6. The number of carbonyl (C=O) groups is 2. The molecular formula is C21H20ClN3O4. The van der Waals surface area contributed by atoms with Crippen molar-refractivity contribution >= 4 is 40.1 Å². The molecule has 7 nitrogen and oxygen atoms in total. The zero-order valence-electron chi connectivity index (χ0n) is 15.8. The second kappa shape index (κ2) is 7.85. The van der Waals surface area contributed by atoms with Crippen LogP contribution in [0.25, 0.3) is 10.9 Å². The molecule has 1 saturated heterocycles. The minimum absolute atomic E-state index is 0.156. The number of methoxy groups -OCH3 is 1. The topological polar surface area (TPSA) is 93.3 Å². The monoisotopic (exact) mass is 413 g/mol. The summed E-state index contributed by atoms with van der Waals surface area (Å²) in [5.74, 6) is -0.701. The number of fused-ring (bicyclic) bond motifs is 1. The zero-order chi connectivity index (χ0) is 20.4. The summed E-state index contributed by atoms with van der Waals surface area (Å²) in [6.45, 7) is 0.956. The van der Waals surface area contributed by atoms with Gasteiger partial charge in [-0.25, -0.2) is 4.79 Å². The highest BCUT2D eigenvalue weighted by molar-refractivity contribution is 6.32. The Morgan fingerprint density at radius 2 is 1.97 bits per heavy atom. The number of aromatic amines is 1. The van der Waals surface area contributed by atoms with Crippen molar-refractivity contribution in [3.05, 3.63) is 58.7 Å². The van der Waals surface area contributed by atoms with Crippen LogP contribution in [0.15, 0.2) is 42.5 Å². The highest BCUT2D eigenvalue weighted by Gasteiger charge is 2.43. The number of nitrogens with one attached hydrogen (secondary N) is 2. The van der Waals surface area contributed by atoms with Gasteiger partial charge < -0.3 is 14.8 Å². The van der Waals surface area contributed by atoms with Crippen molar-refractivity contribution < 1.29 is 19.1 Å². The molecule has 3 aromatic rings. The maximum Gasteiger partial charge on any atom is 0.359 e. The molecule has 1 aliphatic rings. The molecule has 8 heteroatoms. The fraction of sp³-hybridized carbons (Fsp3) is 0.286. The van der Waals surface area contributed by atoms with Crippen LogP contribution in [-0.4, -0.2) is 42.4 Å². The lowest BCUT2D eigenvalue weighted by atomic mass is 9.73. The van der Waals surface area contributed by atoms with Crippen LogP contribution in [-0.2, 0) is 19.7 Å². The summed E-state index contributed by atoms with van der Waals surface area (Å²) in [6.07, 6.45) is 1.06. The van der Waals surface area contributed by atoms with Gasteiger partial charge in [0.2, 0.25) is 5.91 Å². The van der Waals surface area contributed by atoms with Gasteiger partial charge in [0.15, 0.2) is 5.69 Å². The number of amides is 1. The van der Waals surface area contributed by atoms with Gasteiger partial charge >= 0.3 is 5.97 Å². The average Bonchev–Trinajstić information content (AvgIpc) is 3.17. The molecule has 1 amide bonds. The van der Waals surface area contributed by atoms with E-state index in [2.05, 4.69) is 15.5 Å². The average molecular weight is 414 g/mol. The van der Waals surface area contributed by atoms with E-state index < -0.39 is 11.4 Å². The second-order valence-corrected chi connectivity index (χ2v) is 7.36.